The van der Waals surface area contributed by atoms with E-state index in [1.165, 1.54) is 12.8 Å². The van der Waals surface area contributed by atoms with E-state index < -0.39 is 0 Å². The molecule has 0 aromatic carbocycles. The molecule has 58 valence electrons. The van der Waals surface area contributed by atoms with E-state index >= 15 is 0 Å². The maximum absolute atomic E-state index is 9.75. The molecule has 2 nitrogen and oxygen atoms in total. The van der Waals surface area contributed by atoms with Crippen LogP contribution in [-0.4, -0.2) is 13.0 Å². The van der Waals surface area contributed by atoms with Gasteiger partial charge < -0.3 is 5.32 Å². The zero-order chi connectivity index (χ0) is 7.66. The topological polar surface area (TPSA) is 29.1 Å². The Kier molecular flexibility index (Phi) is 7.56. The molecular weight excluding hydrogens is 126 g/mol. The zero-order valence-corrected chi connectivity index (χ0v) is 6.47. The highest BCUT2D eigenvalue weighted by Gasteiger charge is 1.76. The maximum atomic E-state index is 9.75. The Bertz CT molecular complexity index is 99.4. The van der Waals surface area contributed by atoms with Crippen molar-refractivity contribution in [2.45, 2.75) is 26.2 Å². The number of hydrogen-bond acceptors (Lipinski definition) is 1. The van der Waals surface area contributed by atoms with Crippen LogP contribution in [0.15, 0.2) is 12.2 Å². The summed E-state index contributed by atoms with van der Waals surface area (Å²) in [5.41, 5.74) is 0. The van der Waals surface area contributed by atoms with Crippen LogP contribution < -0.4 is 5.32 Å². The number of carbonyl (C=O) groups excluding carboxylic acids is 1. The first-order chi connectivity index (χ1) is 4.91. The molecule has 0 aliphatic heterocycles. The highest BCUT2D eigenvalue weighted by Crippen LogP contribution is 1.93. The smallest absolute Gasteiger partial charge is 0.207 e. The summed E-state index contributed by atoms with van der Waals surface area (Å²) in [4.78, 5) is 9.75. The SMILES string of the molecule is CCCC/C=C/CNC=O. The lowest BCUT2D eigenvalue weighted by Gasteiger charge is -1.89. The second-order valence-corrected chi connectivity index (χ2v) is 2.14. The average Bonchev–Trinajstić information content (AvgIpc) is 1.97. The third-order valence-corrected chi connectivity index (χ3v) is 1.21. The summed E-state index contributed by atoms with van der Waals surface area (Å²) < 4.78 is 0. The summed E-state index contributed by atoms with van der Waals surface area (Å²) in [7, 11) is 0. The predicted octanol–water partition coefficient (Wildman–Crippen LogP) is 1.48. The monoisotopic (exact) mass is 141 g/mol. The van der Waals surface area contributed by atoms with Gasteiger partial charge in [-0.2, -0.15) is 0 Å². The fourth-order valence-electron chi connectivity index (χ4n) is 0.639. The molecule has 0 rings (SSSR count). The van der Waals surface area contributed by atoms with Gasteiger partial charge in [-0.25, -0.2) is 0 Å². The van der Waals surface area contributed by atoms with Crippen LogP contribution in [-0.2, 0) is 4.79 Å². The third kappa shape index (κ3) is 7.21. The molecule has 0 atom stereocenters. The molecule has 10 heavy (non-hydrogen) atoms. The second kappa shape index (κ2) is 8.21. The summed E-state index contributed by atoms with van der Waals surface area (Å²) in [6.45, 7) is 2.82. The summed E-state index contributed by atoms with van der Waals surface area (Å²) in [6.07, 6.45) is 8.37. The molecule has 0 aliphatic rings. The number of unbranched alkanes of at least 4 members (excludes halogenated alkanes) is 2. The first kappa shape index (κ1) is 9.21. The molecule has 0 bridgehead atoms. The minimum absolute atomic E-state index is 0.660. The standard InChI is InChI=1S/C8H15NO/c1-2-3-4-5-6-7-9-8-10/h5-6,8H,2-4,7H2,1H3,(H,9,10)/b6-5+. The highest BCUT2D eigenvalue weighted by atomic mass is 16.1. The molecule has 0 radical (unpaired) electrons. The van der Waals surface area contributed by atoms with Crippen LogP contribution in [0.2, 0.25) is 0 Å². The van der Waals surface area contributed by atoms with E-state index in [9.17, 15) is 4.79 Å². The Balaban J connectivity index is 2.96. The molecule has 0 spiro atoms. The summed E-state index contributed by atoms with van der Waals surface area (Å²) in [5, 5.41) is 2.56. The molecule has 0 fully saturated rings. The van der Waals surface area contributed by atoms with Crippen molar-refractivity contribution >= 4 is 6.41 Å². The van der Waals surface area contributed by atoms with Crippen molar-refractivity contribution in [2.24, 2.45) is 0 Å². The van der Waals surface area contributed by atoms with Gasteiger partial charge in [0.1, 0.15) is 0 Å². The van der Waals surface area contributed by atoms with E-state index in [0.717, 1.165) is 6.42 Å². The molecule has 0 unspecified atom stereocenters. The van der Waals surface area contributed by atoms with Crippen molar-refractivity contribution in [1.82, 2.24) is 5.32 Å². The molecule has 1 amide bonds. The number of hydrogen-bond donors (Lipinski definition) is 1. The summed E-state index contributed by atoms with van der Waals surface area (Å²) >= 11 is 0. The third-order valence-electron chi connectivity index (χ3n) is 1.21. The van der Waals surface area contributed by atoms with Gasteiger partial charge in [-0.15, -0.1) is 0 Å². The lowest BCUT2D eigenvalue weighted by Crippen LogP contribution is -2.09. The largest absolute Gasteiger partial charge is 0.355 e. The lowest BCUT2D eigenvalue weighted by molar-refractivity contribution is -0.109. The zero-order valence-electron chi connectivity index (χ0n) is 6.47. The van der Waals surface area contributed by atoms with E-state index in [1.807, 2.05) is 6.08 Å². The van der Waals surface area contributed by atoms with Crippen molar-refractivity contribution in [3.05, 3.63) is 12.2 Å². The molecule has 0 aliphatic carbocycles. The molecule has 0 saturated heterocycles. The van der Waals surface area contributed by atoms with E-state index in [0.29, 0.717) is 13.0 Å². The van der Waals surface area contributed by atoms with Crippen LogP contribution in [0.5, 0.6) is 0 Å². The van der Waals surface area contributed by atoms with Gasteiger partial charge in [0.25, 0.3) is 0 Å². The van der Waals surface area contributed by atoms with Gasteiger partial charge in [0.05, 0.1) is 0 Å². The van der Waals surface area contributed by atoms with Gasteiger partial charge in [-0.05, 0) is 6.42 Å². The van der Waals surface area contributed by atoms with Crippen molar-refractivity contribution < 1.29 is 4.79 Å². The highest BCUT2D eigenvalue weighted by molar-refractivity contribution is 5.46. The van der Waals surface area contributed by atoms with Gasteiger partial charge in [-0.1, -0.05) is 31.9 Å². The Morgan fingerprint density at radius 3 is 2.80 bits per heavy atom. The molecule has 0 saturated carbocycles. The average molecular weight is 141 g/mol. The van der Waals surface area contributed by atoms with Gasteiger partial charge in [-0.3, -0.25) is 4.79 Å². The van der Waals surface area contributed by atoms with Crippen molar-refractivity contribution in [3.63, 3.8) is 0 Å². The normalized spacial score (nSPS) is 10.1. The first-order valence-electron chi connectivity index (χ1n) is 3.73. The number of allylic oxidation sites excluding steroid dienone is 1. The van der Waals surface area contributed by atoms with Crippen LogP contribution in [0.25, 0.3) is 0 Å². The number of carbonyl (C=O) groups is 1. The molecule has 0 heterocycles. The van der Waals surface area contributed by atoms with E-state index in [4.69, 9.17) is 0 Å². The van der Waals surface area contributed by atoms with Gasteiger partial charge in [0, 0.05) is 6.54 Å². The van der Waals surface area contributed by atoms with Crippen molar-refractivity contribution in [3.8, 4) is 0 Å². The van der Waals surface area contributed by atoms with Gasteiger partial charge in [0.2, 0.25) is 6.41 Å². The summed E-state index contributed by atoms with van der Waals surface area (Å²) in [5.74, 6) is 0. The number of amides is 1. The quantitative estimate of drug-likeness (QED) is 0.339. The molecule has 0 aromatic rings. The number of rotatable bonds is 6. The van der Waals surface area contributed by atoms with E-state index in [2.05, 4.69) is 18.3 Å². The summed E-state index contributed by atoms with van der Waals surface area (Å²) in [6, 6.07) is 0. The fourth-order valence-corrected chi connectivity index (χ4v) is 0.639. The van der Waals surface area contributed by atoms with Crippen LogP contribution in [0.4, 0.5) is 0 Å². The lowest BCUT2D eigenvalue weighted by atomic mass is 10.2. The Hall–Kier alpha value is -0.790. The minimum atomic E-state index is 0.660. The number of nitrogens with one attached hydrogen (secondary N) is 1. The maximum Gasteiger partial charge on any atom is 0.207 e. The van der Waals surface area contributed by atoms with Crippen LogP contribution >= 0.6 is 0 Å². The predicted molar refractivity (Wildman–Crippen MR) is 42.7 cm³/mol. The molecular formula is C8H15NO. The van der Waals surface area contributed by atoms with Crippen LogP contribution in [0.1, 0.15) is 26.2 Å². The molecule has 0 aromatic heterocycles. The van der Waals surface area contributed by atoms with Gasteiger partial charge in [0.15, 0.2) is 0 Å². The van der Waals surface area contributed by atoms with Crippen LogP contribution in [0.3, 0.4) is 0 Å². The van der Waals surface area contributed by atoms with Crippen LogP contribution in [0, 0.1) is 0 Å². The molecule has 2 heteroatoms. The Labute approximate surface area is 62.3 Å². The second-order valence-electron chi connectivity index (χ2n) is 2.14. The minimum Gasteiger partial charge on any atom is -0.355 e. The van der Waals surface area contributed by atoms with E-state index in [-0.39, 0.29) is 0 Å². The Morgan fingerprint density at radius 2 is 2.20 bits per heavy atom. The molecule has 1 N–H and O–H groups in total. The van der Waals surface area contributed by atoms with Crippen molar-refractivity contribution in [1.29, 1.82) is 0 Å². The van der Waals surface area contributed by atoms with Crippen molar-refractivity contribution in [2.75, 3.05) is 6.54 Å². The Morgan fingerprint density at radius 1 is 1.40 bits per heavy atom. The fraction of sp³-hybridized carbons (Fsp3) is 0.625. The van der Waals surface area contributed by atoms with Gasteiger partial charge >= 0.3 is 0 Å². The first-order valence-corrected chi connectivity index (χ1v) is 3.73. The van der Waals surface area contributed by atoms with E-state index in [1.54, 1.807) is 0 Å².